The van der Waals surface area contributed by atoms with Gasteiger partial charge in [-0.3, -0.25) is 4.79 Å². The zero-order chi connectivity index (χ0) is 11.9. The molecule has 1 aliphatic carbocycles. The lowest BCUT2D eigenvalue weighted by Crippen LogP contribution is -2.44. The molecular weight excluding hydrogens is 204 g/mol. The smallest absolute Gasteiger partial charge is 0.221 e. The first-order valence-electron chi connectivity index (χ1n) is 6.36. The summed E-state index contributed by atoms with van der Waals surface area (Å²) in [4.78, 5) is 11.4. The van der Waals surface area contributed by atoms with Gasteiger partial charge in [0, 0.05) is 19.5 Å². The fourth-order valence-corrected chi connectivity index (χ4v) is 2.12. The maximum absolute atomic E-state index is 11.4. The van der Waals surface area contributed by atoms with Crippen molar-refractivity contribution in [3.8, 4) is 0 Å². The molecule has 0 aromatic heterocycles. The highest BCUT2D eigenvalue weighted by atomic mass is 16.3. The largest absolute Gasteiger partial charge is 0.388 e. The molecule has 0 radical (unpaired) electrons. The van der Waals surface area contributed by atoms with Crippen LogP contribution in [0.2, 0.25) is 0 Å². The van der Waals surface area contributed by atoms with Gasteiger partial charge in [-0.15, -0.1) is 0 Å². The molecular formula is C12H24N2O2. The first kappa shape index (κ1) is 13.5. The number of carbonyl (C=O) groups excluding carboxylic acids is 1. The molecule has 0 spiro atoms. The quantitative estimate of drug-likeness (QED) is 0.589. The SMILES string of the molecule is CCNCCC(=O)NCC1(O)CCCCC1. The molecule has 1 rings (SSSR count). The predicted molar refractivity (Wildman–Crippen MR) is 64.2 cm³/mol. The lowest BCUT2D eigenvalue weighted by molar-refractivity contribution is -0.122. The van der Waals surface area contributed by atoms with Crippen molar-refractivity contribution in [2.24, 2.45) is 0 Å². The predicted octanol–water partition coefficient (Wildman–Crippen LogP) is 0.797. The van der Waals surface area contributed by atoms with Gasteiger partial charge in [-0.25, -0.2) is 0 Å². The summed E-state index contributed by atoms with van der Waals surface area (Å²) in [5.41, 5.74) is -0.647. The van der Waals surface area contributed by atoms with Crippen LogP contribution in [0, 0.1) is 0 Å². The Bertz CT molecular complexity index is 213. The van der Waals surface area contributed by atoms with Crippen molar-refractivity contribution in [2.45, 2.75) is 51.0 Å². The number of nitrogens with one attached hydrogen (secondary N) is 2. The van der Waals surface area contributed by atoms with Gasteiger partial charge in [0.1, 0.15) is 0 Å². The maximum Gasteiger partial charge on any atom is 0.221 e. The summed E-state index contributed by atoms with van der Waals surface area (Å²) in [5.74, 6) is 0.0277. The number of aliphatic hydroxyl groups is 1. The second-order valence-corrected chi connectivity index (χ2v) is 4.67. The minimum atomic E-state index is -0.647. The van der Waals surface area contributed by atoms with Gasteiger partial charge >= 0.3 is 0 Å². The van der Waals surface area contributed by atoms with Crippen LogP contribution in [0.15, 0.2) is 0 Å². The van der Waals surface area contributed by atoms with Crippen molar-refractivity contribution in [3.05, 3.63) is 0 Å². The number of hydrogen-bond donors (Lipinski definition) is 3. The Labute approximate surface area is 97.8 Å². The van der Waals surface area contributed by atoms with Crippen molar-refractivity contribution < 1.29 is 9.90 Å². The molecule has 0 aliphatic heterocycles. The normalized spacial score (nSPS) is 19.4. The maximum atomic E-state index is 11.4. The van der Waals surface area contributed by atoms with E-state index in [-0.39, 0.29) is 5.91 Å². The van der Waals surface area contributed by atoms with E-state index in [4.69, 9.17) is 0 Å². The van der Waals surface area contributed by atoms with Crippen LogP contribution in [0.5, 0.6) is 0 Å². The molecule has 3 N–H and O–H groups in total. The van der Waals surface area contributed by atoms with Gasteiger partial charge in [0.15, 0.2) is 0 Å². The molecule has 0 saturated heterocycles. The van der Waals surface area contributed by atoms with E-state index in [0.29, 0.717) is 19.5 Å². The van der Waals surface area contributed by atoms with Gasteiger partial charge in [0.25, 0.3) is 0 Å². The minimum Gasteiger partial charge on any atom is -0.388 e. The van der Waals surface area contributed by atoms with E-state index in [1.54, 1.807) is 0 Å². The summed E-state index contributed by atoms with van der Waals surface area (Å²) >= 11 is 0. The molecule has 1 aliphatic rings. The molecule has 0 heterocycles. The first-order valence-corrected chi connectivity index (χ1v) is 6.36. The Morgan fingerprint density at radius 3 is 2.62 bits per heavy atom. The van der Waals surface area contributed by atoms with Crippen LogP contribution in [0.4, 0.5) is 0 Å². The highest BCUT2D eigenvalue weighted by Gasteiger charge is 2.29. The van der Waals surface area contributed by atoms with Gasteiger partial charge in [0.2, 0.25) is 5.91 Å². The minimum absolute atomic E-state index is 0.0277. The molecule has 1 saturated carbocycles. The Kier molecular flexibility index (Phi) is 5.77. The van der Waals surface area contributed by atoms with E-state index in [9.17, 15) is 9.90 Å². The van der Waals surface area contributed by atoms with Crippen molar-refractivity contribution in [1.82, 2.24) is 10.6 Å². The van der Waals surface area contributed by atoms with Crippen molar-refractivity contribution in [2.75, 3.05) is 19.6 Å². The number of hydrogen-bond acceptors (Lipinski definition) is 3. The topological polar surface area (TPSA) is 61.4 Å². The zero-order valence-corrected chi connectivity index (χ0v) is 10.2. The molecule has 16 heavy (non-hydrogen) atoms. The second kappa shape index (κ2) is 6.86. The Morgan fingerprint density at radius 1 is 1.31 bits per heavy atom. The second-order valence-electron chi connectivity index (χ2n) is 4.67. The van der Waals surface area contributed by atoms with Crippen LogP contribution in [0.25, 0.3) is 0 Å². The molecule has 0 atom stereocenters. The van der Waals surface area contributed by atoms with Crippen LogP contribution in [-0.4, -0.2) is 36.2 Å². The lowest BCUT2D eigenvalue weighted by atomic mass is 9.85. The fourth-order valence-electron chi connectivity index (χ4n) is 2.12. The van der Waals surface area contributed by atoms with Crippen molar-refractivity contribution in [1.29, 1.82) is 0 Å². The summed E-state index contributed by atoms with van der Waals surface area (Å²) in [6.07, 6.45) is 5.48. The molecule has 4 heteroatoms. The molecule has 94 valence electrons. The standard InChI is InChI=1S/C12H24N2O2/c1-2-13-9-6-11(15)14-10-12(16)7-4-3-5-8-12/h13,16H,2-10H2,1H3,(H,14,15). The Hall–Kier alpha value is -0.610. The third-order valence-electron chi connectivity index (χ3n) is 3.18. The number of rotatable bonds is 6. The average molecular weight is 228 g/mol. The molecule has 0 bridgehead atoms. The van der Waals surface area contributed by atoms with Gasteiger partial charge in [0.05, 0.1) is 5.60 Å². The van der Waals surface area contributed by atoms with Crippen molar-refractivity contribution >= 4 is 5.91 Å². The molecule has 1 amide bonds. The molecule has 0 unspecified atom stereocenters. The van der Waals surface area contributed by atoms with Crippen LogP contribution in [0.3, 0.4) is 0 Å². The molecule has 0 aromatic carbocycles. The summed E-state index contributed by atoms with van der Waals surface area (Å²) in [6, 6.07) is 0. The van der Waals surface area contributed by atoms with Crippen LogP contribution >= 0.6 is 0 Å². The first-order chi connectivity index (χ1) is 7.66. The van der Waals surface area contributed by atoms with Gasteiger partial charge in [-0.1, -0.05) is 26.2 Å². The van der Waals surface area contributed by atoms with Gasteiger partial charge in [-0.05, 0) is 19.4 Å². The molecule has 4 nitrogen and oxygen atoms in total. The molecule has 1 fully saturated rings. The van der Waals surface area contributed by atoms with E-state index in [2.05, 4.69) is 10.6 Å². The van der Waals surface area contributed by atoms with E-state index >= 15 is 0 Å². The highest BCUT2D eigenvalue weighted by molar-refractivity contribution is 5.76. The third kappa shape index (κ3) is 4.94. The number of amides is 1. The number of carbonyl (C=O) groups is 1. The Morgan fingerprint density at radius 2 is 2.00 bits per heavy atom. The summed E-state index contributed by atoms with van der Waals surface area (Å²) in [6.45, 7) is 4.03. The van der Waals surface area contributed by atoms with Gasteiger partial charge < -0.3 is 15.7 Å². The average Bonchev–Trinajstić information content (AvgIpc) is 2.28. The summed E-state index contributed by atoms with van der Waals surface area (Å²) in [5, 5.41) is 16.1. The van der Waals surface area contributed by atoms with E-state index in [1.807, 2.05) is 6.92 Å². The summed E-state index contributed by atoms with van der Waals surface area (Å²) < 4.78 is 0. The van der Waals surface area contributed by atoms with Crippen molar-refractivity contribution in [3.63, 3.8) is 0 Å². The van der Waals surface area contributed by atoms with Gasteiger partial charge in [-0.2, -0.15) is 0 Å². The van der Waals surface area contributed by atoms with Crippen LogP contribution in [-0.2, 0) is 4.79 Å². The summed E-state index contributed by atoms with van der Waals surface area (Å²) in [7, 11) is 0. The monoisotopic (exact) mass is 228 g/mol. The van der Waals surface area contributed by atoms with Crippen LogP contribution < -0.4 is 10.6 Å². The lowest BCUT2D eigenvalue weighted by Gasteiger charge is -2.32. The van der Waals surface area contributed by atoms with E-state index in [0.717, 1.165) is 32.2 Å². The third-order valence-corrected chi connectivity index (χ3v) is 3.18. The molecule has 0 aromatic rings. The van der Waals surface area contributed by atoms with Crippen LogP contribution in [0.1, 0.15) is 45.4 Å². The van der Waals surface area contributed by atoms with E-state index in [1.165, 1.54) is 6.42 Å². The Balaban J connectivity index is 2.14. The fraction of sp³-hybridized carbons (Fsp3) is 0.917. The highest BCUT2D eigenvalue weighted by Crippen LogP contribution is 2.27. The van der Waals surface area contributed by atoms with E-state index < -0.39 is 5.60 Å². The zero-order valence-electron chi connectivity index (χ0n) is 10.2.